The Hall–Kier alpha value is -1.36. The number of aliphatic hydroxyl groups excluding tert-OH is 3. The molecule has 22 heavy (non-hydrogen) atoms. The van der Waals surface area contributed by atoms with Crippen molar-refractivity contribution >= 4 is 17.8 Å². The van der Waals surface area contributed by atoms with Crippen molar-refractivity contribution in [2.75, 3.05) is 5.75 Å². The lowest BCUT2D eigenvalue weighted by molar-refractivity contribution is -0.162. The number of nitrogens with zero attached hydrogens (tertiary/aromatic N) is 1. The molecule has 1 aromatic carbocycles. The van der Waals surface area contributed by atoms with E-state index in [0.717, 1.165) is 17.3 Å². The van der Waals surface area contributed by atoms with E-state index < -0.39 is 29.3 Å². The Morgan fingerprint density at radius 2 is 2.05 bits per heavy atom. The zero-order valence-corrected chi connectivity index (χ0v) is 12.6. The van der Waals surface area contributed by atoms with E-state index in [1.165, 1.54) is 0 Å². The third-order valence-corrected chi connectivity index (χ3v) is 5.21. The van der Waals surface area contributed by atoms with Gasteiger partial charge in [0, 0.05) is 17.7 Å². The first-order chi connectivity index (χ1) is 10.6. The van der Waals surface area contributed by atoms with Crippen LogP contribution in [-0.2, 0) is 10.3 Å². The molecular weight excluding hydrogens is 302 g/mol. The highest BCUT2D eigenvalue weighted by Crippen LogP contribution is 2.40. The van der Waals surface area contributed by atoms with Crippen molar-refractivity contribution in [3.8, 4) is 6.07 Å². The second kappa shape index (κ2) is 6.03. The van der Waals surface area contributed by atoms with Crippen LogP contribution in [0.2, 0.25) is 0 Å². The number of benzene rings is 1. The van der Waals surface area contributed by atoms with Gasteiger partial charge in [-0.25, -0.2) is 0 Å². The number of fused-ring (bicyclic) bond motifs is 1. The van der Waals surface area contributed by atoms with E-state index in [1.54, 1.807) is 0 Å². The number of thioether (sulfide) groups is 1. The van der Waals surface area contributed by atoms with Gasteiger partial charge in [-0.15, -0.1) is 11.8 Å². The van der Waals surface area contributed by atoms with Gasteiger partial charge in [-0.3, -0.25) is 0 Å². The third kappa shape index (κ3) is 2.56. The predicted molar refractivity (Wildman–Crippen MR) is 82.7 cm³/mol. The molecule has 0 amide bonds. The van der Waals surface area contributed by atoms with Crippen LogP contribution in [0, 0.1) is 11.3 Å². The van der Waals surface area contributed by atoms with Crippen LogP contribution in [0.1, 0.15) is 17.5 Å². The average molecular weight is 319 g/mol. The van der Waals surface area contributed by atoms with Gasteiger partial charge in [0.25, 0.3) is 0 Å². The fourth-order valence-electron chi connectivity index (χ4n) is 2.85. The first-order valence-electron chi connectivity index (χ1n) is 7.08. The van der Waals surface area contributed by atoms with Gasteiger partial charge in [0.2, 0.25) is 0 Å². The highest BCUT2D eigenvalue weighted by atomic mass is 32.2. The molecule has 3 rings (SSSR count). The summed E-state index contributed by atoms with van der Waals surface area (Å²) >= 11 is 1.11. The molecule has 5 nitrogen and oxygen atoms in total. The summed E-state index contributed by atoms with van der Waals surface area (Å²) < 4.78 is 5.90. The van der Waals surface area contributed by atoms with Crippen LogP contribution >= 0.6 is 11.8 Å². The first kappa shape index (κ1) is 15.5. The number of hydrogen-bond donors (Lipinski definition) is 3. The lowest BCUT2D eigenvalue weighted by Gasteiger charge is -2.41. The molecule has 1 heterocycles. The number of aliphatic hydroxyl groups is 3. The van der Waals surface area contributed by atoms with E-state index >= 15 is 0 Å². The van der Waals surface area contributed by atoms with Gasteiger partial charge < -0.3 is 20.1 Å². The van der Waals surface area contributed by atoms with E-state index in [0.29, 0.717) is 12.0 Å². The number of rotatable bonds is 2. The van der Waals surface area contributed by atoms with Crippen LogP contribution in [-0.4, -0.2) is 44.8 Å². The minimum Gasteiger partial charge on any atom is -0.389 e. The number of nitriles is 1. The Kier molecular flexibility index (Phi) is 4.26. The summed E-state index contributed by atoms with van der Waals surface area (Å²) in [6.45, 7) is 0. The molecule has 1 aliphatic carbocycles. The molecule has 0 aromatic heterocycles. The zero-order valence-electron chi connectivity index (χ0n) is 11.8. The second-order valence-corrected chi connectivity index (χ2v) is 6.65. The molecule has 0 saturated carbocycles. The van der Waals surface area contributed by atoms with E-state index in [-0.39, 0.29) is 5.75 Å². The summed E-state index contributed by atoms with van der Waals surface area (Å²) in [4.78, 5) is 0. The Morgan fingerprint density at radius 3 is 2.82 bits per heavy atom. The maximum absolute atomic E-state index is 10.1. The normalized spacial score (nSPS) is 37.4. The van der Waals surface area contributed by atoms with Gasteiger partial charge in [-0.2, -0.15) is 5.26 Å². The maximum Gasteiger partial charge on any atom is 0.184 e. The molecule has 0 radical (unpaired) electrons. The fourth-order valence-corrected chi connectivity index (χ4v) is 3.85. The number of ether oxygens (including phenoxy) is 1. The quantitative estimate of drug-likeness (QED) is 0.753. The molecule has 1 aliphatic heterocycles. The van der Waals surface area contributed by atoms with Crippen LogP contribution in [0.3, 0.4) is 0 Å². The molecular formula is C16H17NO4S. The van der Waals surface area contributed by atoms with Crippen LogP contribution in [0.25, 0.3) is 6.08 Å². The summed E-state index contributed by atoms with van der Waals surface area (Å²) in [5, 5.41) is 39.7. The summed E-state index contributed by atoms with van der Waals surface area (Å²) in [6, 6.07) is 9.59. The Morgan fingerprint density at radius 1 is 1.27 bits per heavy atom. The summed E-state index contributed by atoms with van der Waals surface area (Å²) in [6.07, 6.45) is 0.871. The van der Waals surface area contributed by atoms with Crippen molar-refractivity contribution in [2.24, 2.45) is 0 Å². The lowest BCUT2D eigenvalue weighted by atomic mass is 9.83. The van der Waals surface area contributed by atoms with Crippen LogP contribution in [0.4, 0.5) is 0 Å². The SMILES string of the molecule is N#CC1(O[C@@H]2[C@@H](O)[C@H](O)CS[C@H]2O)CC=Cc2ccccc21. The van der Waals surface area contributed by atoms with Crippen LogP contribution in [0.15, 0.2) is 30.3 Å². The van der Waals surface area contributed by atoms with Crippen molar-refractivity contribution in [1.82, 2.24) is 0 Å². The Bertz CT molecular complexity index is 629. The maximum atomic E-state index is 10.1. The lowest BCUT2D eigenvalue weighted by Crippen LogP contribution is -2.53. The number of hydrogen-bond acceptors (Lipinski definition) is 6. The molecule has 2 aliphatic rings. The van der Waals surface area contributed by atoms with Crippen LogP contribution in [0.5, 0.6) is 0 Å². The van der Waals surface area contributed by atoms with E-state index in [1.807, 2.05) is 36.4 Å². The van der Waals surface area contributed by atoms with E-state index in [4.69, 9.17) is 4.74 Å². The van der Waals surface area contributed by atoms with Crippen molar-refractivity contribution in [1.29, 1.82) is 5.26 Å². The molecule has 1 aromatic rings. The minimum absolute atomic E-state index is 0.234. The van der Waals surface area contributed by atoms with E-state index in [9.17, 15) is 20.6 Å². The molecule has 0 spiro atoms. The average Bonchev–Trinajstić information content (AvgIpc) is 2.55. The van der Waals surface area contributed by atoms with Gasteiger partial charge in [-0.1, -0.05) is 36.4 Å². The van der Waals surface area contributed by atoms with E-state index in [2.05, 4.69) is 6.07 Å². The van der Waals surface area contributed by atoms with Gasteiger partial charge in [0.05, 0.1) is 6.10 Å². The second-order valence-electron chi connectivity index (χ2n) is 5.50. The van der Waals surface area contributed by atoms with Crippen LogP contribution < -0.4 is 0 Å². The minimum atomic E-state index is -1.27. The highest BCUT2D eigenvalue weighted by Gasteiger charge is 2.46. The molecule has 3 N–H and O–H groups in total. The first-order valence-corrected chi connectivity index (χ1v) is 8.13. The summed E-state index contributed by atoms with van der Waals surface area (Å²) in [5.74, 6) is 0.234. The Labute approximate surface area is 132 Å². The summed E-state index contributed by atoms with van der Waals surface area (Å²) in [7, 11) is 0. The molecule has 1 unspecified atom stereocenters. The smallest absolute Gasteiger partial charge is 0.184 e. The Balaban J connectivity index is 1.95. The fraction of sp³-hybridized carbons (Fsp3) is 0.438. The van der Waals surface area contributed by atoms with Gasteiger partial charge in [-0.05, 0) is 5.56 Å². The van der Waals surface area contributed by atoms with Crippen molar-refractivity contribution < 1.29 is 20.1 Å². The standard InChI is InChI=1S/C16H17NO4S/c17-9-16(7-3-5-10-4-1-2-6-11(10)16)21-14-13(19)12(18)8-22-15(14)20/h1-6,12-15,18-20H,7-8H2/t12-,13+,14-,15-,16?/m1/s1. The van der Waals surface area contributed by atoms with Gasteiger partial charge >= 0.3 is 0 Å². The molecule has 6 heteroatoms. The largest absolute Gasteiger partial charge is 0.389 e. The topological polar surface area (TPSA) is 93.7 Å². The van der Waals surface area contributed by atoms with Gasteiger partial charge in [0.1, 0.15) is 23.7 Å². The van der Waals surface area contributed by atoms with Crippen molar-refractivity contribution in [3.05, 3.63) is 41.5 Å². The predicted octanol–water partition coefficient (Wildman–Crippen LogP) is 0.995. The molecule has 1 saturated heterocycles. The zero-order chi connectivity index (χ0) is 15.7. The summed E-state index contributed by atoms with van der Waals surface area (Å²) in [5.41, 5.74) is -0.662. The van der Waals surface area contributed by atoms with Gasteiger partial charge in [0.15, 0.2) is 5.60 Å². The molecule has 0 bridgehead atoms. The molecule has 5 atom stereocenters. The van der Waals surface area contributed by atoms with Crippen molar-refractivity contribution in [2.45, 2.75) is 35.8 Å². The molecule has 116 valence electrons. The molecule has 1 fully saturated rings. The third-order valence-electron chi connectivity index (χ3n) is 4.07. The highest BCUT2D eigenvalue weighted by molar-refractivity contribution is 7.99. The monoisotopic (exact) mass is 319 g/mol. The van der Waals surface area contributed by atoms with Crippen molar-refractivity contribution in [3.63, 3.8) is 0 Å².